The molecule has 0 bridgehead atoms. The number of amides is 1. The van der Waals surface area contributed by atoms with Crippen LogP contribution in [0, 0.1) is 19.8 Å². The fourth-order valence-electron chi connectivity index (χ4n) is 2.02. The van der Waals surface area contributed by atoms with Gasteiger partial charge in [-0.1, -0.05) is 0 Å². The van der Waals surface area contributed by atoms with E-state index in [2.05, 4.69) is 10.3 Å². The van der Waals surface area contributed by atoms with Crippen LogP contribution < -0.4 is 5.32 Å². The molecule has 2 rings (SSSR count). The highest BCUT2D eigenvalue weighted by Crippen LogP contribution is 2.10. The monoisotopic (exact) mass is 288 g/mol. The molecule has 5 heteroatoms. The van der Waals surface area contributed by atoms with Crippen molar-refractivity contribution in [2.75, 3.05) is 13.2 Å². The van der Waals surface area contributed by atoms with Crippen LogP contribution in [0.5, 0.6) is 0 Å². The molecule has 1 amide bonds. The number of aliphatic hydroxyl groups excluding tert-OH is 1. The number of rotatable bonds is 6. The van der Waals surface area contributed by atoms with Gasteiger partial charge >= 0.3 is 0 Å². The highest BCUT2D eigenvalue weighted by molar-refractivity contribution is 5.94. The predicted octanol–water partition coefficient (Wildman–Crippen LogP) is 1.87. The molecule has 0 aliphatic heterocycles. The van der Waals surface area contributed by atoms with Gasteiger partial charge in [0.25, 0.3) is 5.91 Å². The maximum atomic E-state index is 12.1. The van der Waals surface area contributed by atoms with E-state index in [0.717, 1.165) is 17.0 Å². The SMILES string of the molecule is Cc1cc(C(=O)NC[C@@H](CO)Cc2ccco2)cnc1C. The zero-order chi connectivity index (χ0) is 15.2. The fraction of sp³-hybridized carbons (Fsp3) is 0.375. The molecule has 0 fully saturated rings. The molecule has 2 aromatic heterocycles. The zero-order valence-corrected chi connectivity index (χ0v) is 12.3. The van der Waals surface area contributed by atoms with Gasteiger partial charge < -0.3 is 14.8 Å². The minimum Gasteiger partial charge on any atom is -0.469 e. The first-order valence-corrected chi connectivity index (χ1v) is 6.95. The molecule has 0 radical (unpaired) electrons. The number of hydrogen-bond donors (Lipinski definition) is 2. The lowest BCUT2D eigenvalue weighted by Gasteiger charge is -2.14. The number of aromatic nitrogens is 1. The number of nitrogens with zero attached hydrogens (tertiary/aromatic N) is 1. The van der Waals surface area contributed by atoms with Crippen LogP contribution in [0.4, 0.5) is 0 Å². The normalized spacial score (nSPS) is 12.1. The van der Waals surface area contributed by atoms with E-state index in [1.54, 1.807) is 12.5 Å². The van der Waals surface area contributed by atoms with E-state index in [1.807, 2.05) is 32.0 Å². The van der Waals surface area contributed by atoms with Crippen molar-refractivity contribution in [1.82, 2.24) is 10.3 Å². The number of pyridine rings is 1. The van der Waals surface area contributed by atoms with Gasteiger partial charge in [-0.05, 0) is 37.6 Å². The van der Waals surface area contributed by atoms with Crippen LogP contribution >= 0.6 is 0 Å². The number of carbonyl (C=O) groups is 1. The van der Waals surface area contributed by atoms with Gasteiger partial charge in [0.2, 0.25) is 0 Å². The van der Waals surface area contributed by atoms with Crippen molar-refractivity contribution < 1.29 is 14.3 Å². The van der Waals surface area contributed by atoms with Gasteiger partial charge in [0, 0.05) is 37.4 Å². The molecule has 0 spiro atoms. The van der Waals surface area contributed by atoms with Crippen LogP contribution in [0.1, 0.15) is 27.4 Å². The lowest BCUT2D eigenvalue weighted by atomic mass is 10.0. The summed E-state index contributed by atoms with van der Waals surface area (Å²) >= 11 is 0. The second kappa shape index (κ2) is 7.04. The van der Waals surface area contributed by atoms with E-state index in [1.165, 1.54) is 0 Å². The van der Waals surface area contributed by atoms with Crippen LogP contribution in [0.2, 0.25) is 0 Å². The highest BCUT2D eigenvalue weighted by Gasteiger charge is 2.13. The first kappa shape index (κ1) is 15.3. The smallest absolute Gasteiger partial charge is 0.252 e. The molecule has 5 nitrogen and oxygen atoms in total. The second-order valence-corrected chi connectivity index (χ2v) is 5.17. The molecule has 0 aliphatic rings. The summed E-state index contributed by atoms with van der Waals surface area (Å²) in [6.45, 7) is 4.21. The molecule has 2 heterocycles. The van der Waals surface area contributed by atoms with Crippen molar-refractivity contribution in [3.63, 3.8) is 0 Å². The summed E-state index contributed by atoms with van der Waals surface area (Å²) in [7, 11) is 0. The van der Waals surface area contributed by atoms with E-state index in [0.29, 0.717) is 18.5 Å². The Morgan fingerprint density at radius 1 is 1.48 bits per heavy atom. The van der Waals surface area contributed by atoms with Gasteiger partial charge in [-0.25, -0.2) is 0 Å². The van der Waals surface area contributed by atoms with E-state index >= 15 is 0 Å². The summed E-state index contributed by atoms with van der Waals surface area (Å²) in [5, 5.41) is 12.2. The third-order valence-electron chi connectivity index (χ3n) is 3.48. The molecular formula is C16H20N2O3. The molecular weight excluding hydrogens is 268 g/mol. The van der Waals surface area contributed by atoms with Crippen molar-refractivity contribution in [2.45, 2.75) is 20.3 Å². The van der Waals surface area contributed by atoms with Crippen LogP contribution in [0.25, 0.3) is 0 Å². The molecule has 2 N–H and O–H groups in total. The maximum Gasteiger partial charge on any atom is 0.252 e. The molecule has 0 aliphatic carbocycles. The standard InChI is InChI=1S/C16H20N2O3/c1-11-6-14(9-17-12(11)2)16(20)18-8-13(10-19)7-15-4-3-5-21-15/h3-6,9,13,19H,7-8,10H2,1-2H3,(H,18,20)/t13-/m0/s1. The summed E-state index contributed by atoms with van der Waals surface area (Å²) < 4.78 is 5.25. The summed E-state index contributed by atoms with van der Waals surface area (Å²) in [4.78, 5) is 16.3. The summed E-state index contributed by atoms with van der Waals surface area (Å²) in [6, 6.07) is 5.49. The van der Waals surface area contributed by atoms with Gasteiger partial charge in [-0.2, -0.15) is 0 Å². The van der Waals surface area contributed by atoms with Crippen LogP contribution in [-0.2, 0) is 6.42 Å². The number of aliphatic hydroxyl groups is 1. The van der Waals surface area contributed by atoms with Crippen molar-refractivity contribution in [2.24, 2.45) is 5.92 Å². The zero-order valence-electron chi connectivity index (χ0n) is 12.3. The van der Waals surface area contributed by atoms with Gasteiger partial charge in [-0.15, -0.1) is 0 Å². The fourth-order valence-corrected chi connectivity index (χ4v) is 2.02. The highest BCUT2D eigenvalue weighted by atomic mass is 16.3. The Balaban J connectivity index is 1.91. The third-order valence-corrected chi connectivity index (χ3v) is 3.48. The molecule has 0 saturated heterocycles. The van der Waals surface area contributed by atoms with Crippen molar-refractivity contribution >= 4 is 5.91 Å². The molecule has 21 heavy (non-hydrogen) atoms. The number of aryl methyl sites for hydroxylation is 2. The topological polar surface area (TPSA) is 75.4 Å². The van der Waals surface area contributed by atoms with Gasteiger partial charge in [0.1, 0.15) is 5.76 Å². The average molecular weight is 288 g/mol. The minimum absolute atomic E-state index is 0.00778. The van der Waals surface area contributed by atoms with Gasteiger partial charge in [0.05, 0.1) is 11.8 Å². The lowest BCUT2D eigenvalue weighted by molar-refractivity contribution is 0.0938. The quantitative estimate of drug-likeness (QED) is 0.851. The number of nitrogens with one attached hydrogen (secondary N) is 1. The molecule has 112 valence electrons. The first-order chi connectivity index (χ1) is 10.1. The minimum atomic E-state index is -0.177. The Hall–Kier alpha value is -2.14. The third kappa shape index (κ3) is 4.16. The number of carbonyl (C=O) groups excluding carboxylic acids is 1. The molecule has 0 unspecified atom stereocenters. The predicted molar refractivity (Wildman–Crippen MR) is 79.0 cm³/mol. The summed E-state index contributed by atoms with van der Waals surface area (Å²) in [6.07, 6.45) is 3.76. The van der Waals surface area contributed by atoms with Crippen LogP contribution in [-0.4, -0.2) is 29.1 Å². The Kier molecular flexibility index (Phi) is 5.11. The molecule has 2 aromatic rings. The Bertz CT molecular complexity index is 594. The number of furan rings is 1. The van der Waals surface area contributed by atoms with Gasteiger partial charge in [0.15, 0.2) is 0 Å². The Labute approximate surface area is 124 Å². The van der Waals surface area contributed by atoms with E-state index in [4.69, 9.17) is 4.42 Å². The maximum absolute atomic E-state index is 12.1. The van der Waals surface area contributed by atoms with E-state index in [9.17, 15) is 9.90 Å². The molecule has 0 aromatic carbocycles. The summed E-state index contributed by atoms with van der Waals surface area (Å²) in [5.74, 6) is 0.555. The molecule has 1 atom stereocenters. The Morgan fingerprint density at radius 3 is 2.90 bits per heavy atom. The summed E-state index contributed by atoms with van der Waals surface area (Å²) in [5.41, 5.74) is 2.43. The van der Waals surface area contributed by atoms with Crippen LogP contribution in [0.15, 0.2) is 35.1 Å². The largest absolute Gasteiger partial charge is 0.469 e. The van der Waals surface area contributed by atoms with E-state index < -0.39 is 0 Å². The lowest BCUT2D eigenvalue weighted by Crippen LogP contribution is -2.32. The average Bonchev–Trinajstić information content (AvgIpc) is 2.99. The Morgan fingerprint density at radius 2 is 2.29 bits per heavy atom. The van der Waals surface area contributed by atoms with E-state index in [-0.39, 0.29) is 18.4 Å². The van der Waals surface area contributed by atoms with Crippen molar-refractivity contribution in [3.8, 4) is 0 Å². The van der Waals surface area contributed by atoms with Gasteiger partial charge in [-0.3, -0.25) is 9.78 Å². The first-order valence-electron chi connectivity index (χ1n) is 6.95. The van der Waals surface area contributed by atoms with Crippen molar-refractivity contribution in [3.05, 3.63) is 53.2 Å². The van der Waals surface area contributed by atoms with Crippen LogP contribution in [0.3, 0.4) is 0 Å². The second-order valence-electron chi connectivity index (χ2n) is 5.17. The molecule has 0 saturated carbocycles. The number of hydrogen-bond acceptors (Lipinski definition) is 4. The van der Waals surface area contributed by atoms with Crippen molar-refractivity contribution in [1.29, 1.82) is 0 Å².